The smallest absolute Gasteiger partial charge is 0.251 e. The van der Waals surface area contributed by atoms with Crippen LogP contribution < -0.4 is 10.6 Å². The third kappa shape index (κ3) is 3.67. The Hall–Kier alpha value is -3.22. The van der Waals surface area contributed by atoms with Gasteiger partial charge >= 0.3 is 0 Å². The van der Waals surface area contributed by atoms with E-state index in [2.05, 4.69) is 25.8 Å². The summed E-state index contributed by atoms with van der Waals surface area (Å²) in [5.74, 6) is 2.01. The predicted molar refractivity (Wildman–Crippen MR) is 103 cm³/mol. The first-order chi connectivity index (χ1) is 13.2. The minimum absolute atomic E-state index is 0.0443. The number of imidazole rings is 1. The summed E-state index contributed by atoms with van der Waals surface area (Å²) >= 11 is 0. The van der Waals surface area contributed by atoms with Gasteiger partial charge in [0.25, 0.3) is 5.91 Å². The van der Waals surface area contributed by atoms with Gasteiger partial charge in [-0.1, -0.05) is 12.1 Å². The van der Waals surface area contributed by atoms with E-state index < -0.39 is 0 Å². The van der Waals surface area contributed by atoms with Gasteiger partial charge in [0.15, 0.2) is 0 Å². The number of anilines is 1. The van der Waals surface area contributed by atoms with Crippen LogP contribution >= 0.6 is 0 Å². The molecule has 27 heavy (non-hydrogen) atoms. The van der Waals surface area contributed by atoms with E-state index in [9.17, 15) is 4.79 Å². The van der Waals surface area contributed by atoms with Crippen LogP contribution in [0.15, 0.2) is 48.8 Å². The molecule has 1 aliphatic rings. The van der Waals surface area contributed by atoms with Crippen molar-refractivity contribution < 1.29 is 4.79 Å². The number of amides is 1. The van der Waals surface area contributed by atoms with Crippen LogP contribution in [-0.4, -0.2) is 32.7 Å². The molecule has 0 bridgehead atoms. The monoisotopic (exact) mass is 362 g/mol. The van der Waals surface area contributed by atoms with Gasteiger partial charge in [0, 0.05) is 37.6 Å². The number of carbonyl (C=O) groups is 1. The first-order valence-corrected chi connectivity index (χ1v) is 9.05. The van der Waals surface area contributed by atoms with Crippen molar-refractivity contribution in [3.63, 3.8) is 0 Å². The standard InChI is InChI=1S/C20H22N6O/c1-21-17-10-9-16(24-25-17)13-3-7-15(8-4-13)20(27)23-18(14-5-6-14)19-22-11-12-26(19)2/h3-4,7-12,14,18H,5-6H2,1-2H3,(H,21,25)(H,23,27)/t18-/m1/s1. The zero-order chi connectivity index (χ0) is 18.8. The van der Waals surface area contributed by atoms with Gasteiger partial charge in [-0.25, -0.2) is 4.98 Å². The van der Waals surface area contributed by atoms with Crippen molar-refractivity contribution in [1.82, 2.24) is 25.1 Å². The van der Waals surface area contributed by atoms with Gasteiger partial charge in [0.1, 0.15) is 11.6 Å². The van der Waals surface area contributed by atoms with E-state index in [0.717, 1.165) is 35.7 Å². The van der Waals surface area contributed by atoms with Gasteiger partial charge in [0.05, 0.1) is 11.7 Å². The van der Waals surface area contributed by atoms with Crippen LogP contribution in [0.1, 0.15) is 35.1 Å². The molecule has 1 saturated carbocycles. The van der Waals surface area contributed by atoms with Crippen LogP contribution in [0.5, 0.6) is 0 Å². The molecule has 1 aromatic carbocycles. The van der Waals surface area contributed by atoms with E-state index in [0.29, 0.717) is 11.5 Å². The fourth-order valence-corrected chi connectivity index (χ4v) is 3.14. The quantitative estimate of drug-likeness (QED) is 0.704. The molecule has 3 aromatic rings. The number of nitrogens with one attached hydrogen (secondary N) is 2. The highest BCUT2D eigenvalue weighted by atomic mass is 16.1. The van der Waals surface area contributed by atoms with Crippen LogP contribution in [0.4, 0.5) is 5.82 Å². The minimum Gasteiger partial charge on any atom is -0.372 e. The van der Waals surface area contributed by atoms with Crippen molar-refractivity contribution in [2.45, 2.75) is 18.9 Å². The number of aryl methyl sites for hydroxylation is 1. The summed E-state index contributed by atoms with van der Waals surface area (Å²) in [7, 11) is 3.76. The van der Waals surface area contributed by atoms with Crippen molar-refractivity contribution in [2.75, 3.05) is 12.4 Å². The molecular formula is C20H22N6O. The first-order valence-electron chi connectivity index (χ1n) is 9.05. The Morgan fingerprint density at radius 2 is 1.93 bits per heavy atom. The van der Waals surface area contributed by atoms with Crippen molar-refractivity contribution in [1.29, 1.82) is 0 Å². The number of hydrogen-bond donors (Lipinski definition) is 2. The first kappa shape index (κ1) is 17.2. The number of carbonyl (C=O) groups excluding carboxylic acids is 1. The Balaban J connectivity index is 1.49. The molecule has 0 aliphatic heterocycles. The maximum Gasteiger partial charge on any atom is 0.251 e. The molecule has 2 heterocycles. The Morgan fingerprint density at radius 3 is 2.48 bits per heavy atom. The molecule has 0 radical (unpaired) electrons. The lowest BCUT2D eigenvalue weighted by atomic mass is 10.1. The lowest BCUT2D eigenvalue weighted by molar-refractivity contribution is 0.0929. The van der Waals surface area contributed by atoms with E-state index in [4.69, 9.17) is 0 Å². The molecule has 1 aliphatic carbocycles. The van der Waals surface area contributed by atoms with Crippen LogP contribution in [0.25, 0.3) is 11.3 Å². The number of aromatic nitrogens is 4. The highest BCUT2D eigenvalue weighted by Crippen LogP contribution is 2.40. The summed E-state index contributed by atoms with van der Waals surface area (Å²) in [5.41, 5.74) is 2.31. The predicted octanol–water partition coefficient (Wildman–Crippen LogP) is 2.80. The molecule has 7 nitrogen and oxygen atoms in total. The average Bonchev–Trinajstić information content (AvgIpc) is 3.47. The van der Waals surface area contributed by atoms with Crippen molar-refractivity contribution in [3.8, 4) is 11.3 Å². The topological polar surface area (TPSA) is 84.7 Å². The summed E-state index contributed by atoms with van der Waals surface area (Å²) < 4.78 is 1.97. The normalized spacial score (nSPS) is 14.6. The van der Waals surface area contributed by atoms with E-state index in [1.807, 2.05) is 54.2 Å². The van der Waals surface area contributed by atoms with Gasteiger partial charge in [-0.3, -0.25) is 4.79 Å². The van der Waals surface area contributed by atoms with Crippen molar-refractivity contribution >= 4 is 11.7 Å². The Labute approximate surface area is 157 Å². The lowest BCUT2D eigenvalue weighted by Crippen LogP contribution is -2.31. The molecular weight excluding hydrogens is 340 g/mol. The van der Waals surface area contributed by atoms with E-state index in [-0.39, 0.29) is 11.9 Å². The summed E-state index contributed by atoms with van der Waals surface area (Å²) in [6, 6.07) is 11.2. The van der Waals surface area contributed by atoms with E-state index in [1.54, 1.807) is 13.2 Å². The minimum atomic E-state index is -0.0851. The van der Waals surface area contributed by atoms with Gasteiger partial charge in [-0.15, -0.1) is 10.2 Å². The molecule has 0 unspecified atom stereocenters. The second-order valence-corrected chi connectivity index (χ2v) is 6.82. The molecule has 2 aromatic heterocycles. The molecule has 7 heteroatoms. The van der Waals surface area contributed by atoms with Gasteiger partial charge in [0.2, 0.25) is 0 Å². The fourth-order valence-electron chi connectivity index (χ4n) is 3.14. The van der Waals surface area contributed by atoms with E-state index in [1.165, 1.54) is 0 Å². The molecule has 4 rings (SSSR count). The summed E-state index contributed by atoms with van der Waals surface area (Å²) in [5, 5.41) is 14.4. The summed E-state index contributed by atoms with van der Waals surface area (Å²) in [6.07, 6.45) is 5.92. The zero-order valence-corrected chi connectivity index (χ0v) is 15.4. The number of benzene rings is 1. The number of nitrogens with zero attached hydrogens (tertiary/aromatic N) is 4. The maximum atomic E-state index is 12.7. The molecule has 1 atom stereocenters. The van der Waals surface area contributed by atoms with Gasteiger partial charge < -0.3 is 15.2 Å². The average molecular weight is 362 g/mol. The molecule has 0 spiro atoms. The summed E-state index contributed by atoms with van der Waals surface area (Å²) in [4.78, 5) is 17.2. The molecule has 2 N–H and O–H groups in total. The largest absolute Gasteiger partial charge is 0.372 e. The fraction of sp³-hybridized carbons (Fsp3) is 0.300. The maximum absolute atomic E-state index is 12.7. The molecule has 1 amide bonds. The highest BCUT2D eigenvalue weighted by molar-refractivity contribution is 5.94. The van der Waals surface area contributed by atoms with Crippen LogP contribution in [-0.2, 0) is 7.05 Å². The van der Waals surface area contributed by atoms with Gasteiger partial charge in [-0.05, 0) is 43.0 Å². The van der Waals surface area contributed by atoms with E-state index >= 15 is 0 Å². The van der Waals surface area contributed by atoms with Crippen LogP contribution in [0.3, 0.4) is 0 Å². The van der Waals surface area contributed by atoms with Crippen LogP contribution in [0, 0.1) is 5.92 Å². The Kier molecular flexibility index (Phi) is 4.58. The molecule has 138 valence electrons. The molecule has 1 fully saturated rings. The number of rotatable bonds is 6. The van der Waals surface area contributed by atoms with Crippen molar-refractivity contribution in [2.24, 2.45) is 13.0 Å². The summed E-state index contributed by atoms with van der Waals surface area (Å²) in [6.45, 7) is 0. The highest BCUT2D eigenvalue weighted by Gasteiger charge is 2.35. The lowest BCUT2D eigenvalue weighted by Gasteiger charge is -2.18. The SMILES string of the molecule is CNc1ccc(-c2ccc(C(=O)N[C@@H](c3nccn3C)C3CC3)cc2)nn1. The third-order valence-electron chi connectivity index (χ3n) is 4.88. The second-order valence-electron chi connectivity index (χ2n) is 6.82. The van der Waals surface area contributed by atoms with Gasteiger partial charge in [-0.2, -0.15) is 0 Å². The zero-order valence-electron chi connectivity index (χ0n) is 15.4. The molecule has 0 saturated heterocycles. The third-order valence-corrected chi connectivity index (χ3v) is 4.88. The Morgan fingerprint density at radius 1 is 1.15 bits per heavy atom. The number of hydrogen-bond acceptors (Lipinski definition) is 5. The van der Waals surface area contributed by atoms with Crippen molar-refractivity contribution in [3.05, 3.63) is 60.2 Å². The Bertz CT molecular complexity index is 928. The van der Waals surface area contributed by atoms with Crippen LogP contribution in [0.2, 0.25) is 0 Å². The second kappa shape index (κ2) is 7.19.